The van der Waals surface area contributed by atoms with Crippen LogP contribution in [0.2, 0.25) is 0 Å². The molecule has 0 amide bonds. The Balaban J connectivity index is 0.00000306. The van der Waals surface area contributed by atoms with Crippen molar-refractivity contribution in [1.82, 2.24) is 9.38 Å². The number of hydrogen-bond donors (Lipinski definition) is 2. The van der Waals surface area contributed by atoms with E-state index in [1.807, 2.05) is 0 Å². The predicted octanol–water partition coefficient (Wildman–Crippen LogP) is 2.85. The zero-order valence-corrected chi connectivity index (χ0v) is 17.0. The Morgan fingerprint density at radius 3 is 2.15 bits per heavy atom. The van der Waals surface area contributed by atoms with Crippen LogP contribution < -0.4 is 16.2 Å². The molecular formula is C19H13ClF6N4O3. The maximum Gasteiger partial charge on any atom is 0.341 e. The van der Waals surface area contributed by atoms with Gasteiger partial charge in [-0.3, -0.25) is 9.20 Å². The number of halogens is 7. The molecule has 3 aromatic rings. The first-order chi connectivity index (χ1) is 15.0. The van der Waals surface area contributed by atoms with Gasteiger partial charge in [-0.15, -0.1) is 12.4 Å². The third-order valence-electron chi connectivity index (χ3n) is 5.11. The number of benzene rings is 1. The molecule has 2 aromatic heterocycles. The van der Waals surface area contributed by atoms with Gasteiger partial charge in [-0.2, -0.15) is 0 Å². The van der Waals surface area contributed by atoms with Gasteiger partial charge in [0.1, 0.15) is 11.2 Å². The Kier molecular flexibility index (Phi) is 6.31. The lowest BCUT2D eigenvalue weighted by Crippen LogP contribution is -2.29. The van der Waals surface area contributed by atoms with Crippen LogP contribution in [0, 0.1) is 34.9 Å². The van der Waals surface area contributed by atoms with Gasteiger partial charge in [0.15, 0.2) is 34.9 Å². The number of nitrogens with two attached hydrogens (primary N) is 1. The number of carbonyl (C=O) groups is 1. The summed E-state index contributed by atoms with van der Waals surface area (Å²) in [5, 5.41) is 9.27. The van der Waals surface area contributed by atoms with Crippen LogP contribution in [0.4, 0.5) is 32.2 Å². The molecule has 1 aliphatic heterocycles. The van der Waals surface area contributed by atoms with E-state index >= 15 is 0 Å². The monoisotopic (exact) mass is 494 g/mol. The molecule has 4 rings (SSSR count). The molecule has 0 aliphatic carbocycles. The molecule has 1 fully saturated rings. The molecule has 0 radical (unpaired) electrons. The lowest BCUT2D eigenvalue weighted by molar-refractivity contribution is 0.0694. The molecule has 176 valence electrons. The standard InChI is InChI=1S/C19H12F6N4O3.ClH/c20-9-5-29-16(27-17(9)28-2-1-6(26)4-28)7(3-8(18(29)30)19(31)32)10-11(21)13(23)15(25)14(24)12(10)22;/h3,5-6H,1-2,4,26H2,(H,31,32);1H. The molecule has 1 unspecified atom stereocenters. The Bertz CT molecular complexity index is 1340. The van der Waals surface area contributed by atoms with Crippen molar-refractivity contribution in [2.75, 3.05) is 18.0 Å². The van der Waals surface area contributed by atoms with Crippen LogP contribution in [0.3, 0.4) is 0 Å². The van der Waals surface area contributed by atoms with E-state index in [-0.39, 0.29) is 37.4 Å². The zero-order chi connectivity index (χ0) is 23.5. The molecular weight excluding hydrogens is 482 g/mol. The summed E-state index contributed by atoms with van der Waals surface area (Å²) in [5.41, 5.74) is 0.238. The van der Waals surface area contributed by atoms with Crippen molar-refractivity contribution in [3.63, 3.8) is 0 Å². The van der Waals surface area contributed by atoms with Gasteiger partial charge in [0.25, 0.3) is 5.56 Å². The fourth-order valence-electron chi connectivity index (χ4n) is 3.57. The molecule has 3 heterocycles. The second kappa shape index (κ2) is 8.56. The predicted molar refractivity (Wildman–Crippen MR) is 106 cm³/mol. The van der Waals surface area contributed by atoms with E-state index < -0.39 is 68.8 Å². The lowest BCUT2D eigenvalue weighted by Gasteiger charge is -2.19. The van der Waals surface area contributed by atoms with Gasteiger partial charge in [0.05, 0.1) is 11.8 Å². The molecule has 1 atom stereocenters. The van der Waals surface area contributed by atoms with E-state index in [9.17, 15) is 41.0 Å². The normalized spacial score (nSPS) is 15.7. The summed E-state index contributed by atoms with van der Waals surface area (Å²) < 4.78 is 85.2. The Morgan fingerprint density at radius 2 is 1.64 bits per heavy atom. The number of carboxylic acid groups (broad SMARTS) is 1. The maximum absolute atomic E-state index is 14.7. The van der Waals surface area contributed by atoms with Crippen LogP contribution in [-0.4, -0.2) is 39.6 Å². The smallest absolute Gasteiger partial charge is 0.341 e. The van der Waals surface area contributed by atoms with Gasteiger partial charge in [-0.1, -0.05) is 0 Å². The summed E-state index contributed by atoms with van der Waals surface area (Å²) in [7, 11) is 0. The molecule has 0 saturated carbocycles. The molecule has 1 saturated heterocycles. The van der Waals surface area contributed by atoms with Gasteiger partial charge >= 0.3 is 5.97 Å². The van der Waals surface area contributed by atoms with E-state index in [4.69, 9.17) is 5.73 Å². The van der Waals surface area contributed by atoms with Crippen molar-refractivity contribution >= 4 is 29.8 Å². The molecule has 1 aliphatic rings. The Hall–Kier alpha value is -3.32. The number of fused-ring (bicyclic) bond motifs is 1. The number of anilines is 1. The molecule has 7 nitrogen and oxygen atoms in total. The highest BCUT2D eigenvalue weighted by Gasteiger charge is 2.31. The minimum absolute atomic E-state index is 0. The lowest BCUT2D eigenvalue weighted by atomic mass is 10.0. The third-order valence-corrected chi connectivity index (χ3v) is 5.11. The third kappa shape index (κ3) is 3.76. The summed E-state index contributed by atoms with van der Waals surface area (Å²) in [6, 6.07) is 0.0986. The van der Waals surface area contributed by atoms with E-state index in [1.165, 1.54) is 4.90 Å². The second-order valence-electron chi connectivity index (χ2n) is 7.13. The van der Waals surface area contributed by atoms with Gasteiger partial charge in [0, 0.05) is 24.7 Å². The highest BCUT2D eigenvalue weighted by molar-refractivity contribution is 5.92. The Morgan fingerprint density at radius 1 is 1.06 bits per heavy atom. The zero-order valence-electron chi connectivity index (χ0n) is 16.2. The highest BCUT2D eigenvalue weighted by atomic mass is 35.5. The fourth-order valence-corrected chi connectivity index (χ4v) is 3.57. The van der Waals surface area contributed by atoms with Crippen molar-refractivity contribution < 1.29 is 36.2 Å². The molecule has 33 heavy (non-hydrogen) atoms. The van der Waals surface area contributed by atoms with Crippen LogP contribution in [0.1, 0.15) is 16.8 Å². The van der Waals surface area contributed by atoms with Crippen molar-refractivity contribution in [1.29, 1.82) is 0 Å². The second-order valence-corrected chi connectivity index (χ2v) is 7.13. The largest absolute Gasteiger partial charge is 0.477 e. The highest BCUT2D eigenvalue weighted by Crippen LogP contribution is 2.34. The first kappa shape index (κ1) is 24.3. The quantitative estimate of drug-likeness (QED) is 0.330. The van der Waals surface area contributed by atoms with Gasteiger partial charge in [0.2, 0.25) is 5.82 Å². The summed E-state index contributed by atoms with van der Waals surface area (Å²) in [6.45, 7) is 0.395. The summed E-state index contributed by atoms with van der Waals surface area (Å²) in [4.78, 5) is 29.2. The number of hydrogen-bond acceptors (Lipinski definition) is 5. The average Bonchev–Trinajstić information content (AvgIpc) is 3.18. The molecule has 0 bridgehead atoms. The number of aromatic nitrogens is 2. The minimum atomic E-state index is -2.43. The van der Waals surface area contributed by atoms with E-state index in [0.717, 1.165) is 0 Å². The van der Waals surface area contributed by atoms with Gasteiger partial charge in [-0.05, 0) is 12.5 Å². The van der Waals surface area contributed by atoms with Crippen molar-refractivity contribution in [2.45, 2.75) is 12.5 Å². The van der Waals surface area contributed by atoms with E-state index in [0.29, 0.717) is 23.1 Å². The molecule has 1 aromatic carbocycles. The maximum atomic E-state index is 14.7. The van der Waals surface area contributed by atoms with E-state index in [1.54, 1.807) is 0 Å². The van der Waals surface area contributed by atoms with Gasteiger partial charge in [-0.25, -0.2) is 36.1 Å². The first-order valence-corrected chi connectivity index (χ1v) is 9.04. The summed E-state index contributed by atoms with van der Waals surface area (Å²) >= 11 is 0. The van der Waals surface area contributed by atoms with Gasteiger partial charge < -0.3 is 15.7 Å². The van der Waals surface area contributed by atoms with Crippen LogP contribution >= 0.6 is 12.4 Å². The van der Waals surface area contributed by atoms with Crippen molar-refractivity contribution in [2.24, 2.45) is 5.73 Å². The van der Waals surface area contributed by atoms with Crippen molar-refractivity contribution in [3.8, 4) is 11.1 Å². The summed E-state index contributed by atoms with van der Waals surface area (Å²) in [5.74, 6) is -14.9. The topological polar surface area (TPSA) is 101 Å². The first-order valence-electron chi connectivity index (χ1n) is 9.04. The fraction of sp³-hybridized carbons (Fsp3) is 0.211. The number of nitrogens with zero attached hydrogens (tertiary/aromatic N) is 3. The molecule has 0 spiro atoms. The summed E-state index contributed by atoms with van der Waals surface area (Å²) in [6.07, 6.45) is 0.993. The molecule has 14 heteroatoms. The minimum Gasteiger partial charge on any atom is -0.477 e. The average molecular weight is 495 g/mol. The number of rotatable bonds is 3. The number of carboxylic acids is 1. The van der Waals surface area contributed by atoms with Crippen LogP contribution in [-0.2, 0) is 0 Å². The number of aromatic carboxylic acids is 1. The van der Waals surface area contributed by atoms with Crippen molar-refractivity contribution in [3.05, 3.63) is 63.1 Å². The molecule has 3 N–H and O–H groups in total. The van der Waals surface area contributed by atoms with Crippen LogP contribution in [0.15, 0.2) is 17.1 Å². The number of pyridine rings is 1. The SMILES string of the molecule is Cl.NC1CCN(c2nc3c(-c4c(F)c(F)c(F)c(F)c4F)cc(C(=O)O)c(=O)n3cc2F)C1. The van der Waals surface area contributed by atoms with Crippen LogP contribution in [0.25, 0.3) is 16.8 Å². The Labute approximate surface area is 186 Å². The van der Waals surface area contributed by atoms with Crippen LogP contribution in [0.5, 0.6) is 0 Å². The van der Waals surface area contributed by atoms with E-state index in [2.05, 4.69) is 4.98 Å².